The number of fused-ring (bicyclic) bond motifs is 3. The van der Waals surface area contributed by atoms with Crippen LogP contribution in [0.1, 0.15) is 22.4 Å². The summed E-state index contributed by atoms with van der Waals surface area (Å²) in [6.07, 6.45) is 4.00. The molecule has 4 rings (SSSR count). The molecule has 0 N–H and O–H groups in total. The van der Waals surface area contributed by atoms with Gasteiger partial charge in [-0.05, 0) is 43.7 Å². The van der Waals surface area contributed by atoms with E-state index in [-0.39, 0.29) is 5.56 Å². The number of nitrogens with zero attached hydrogens (tertiary/aromatic N) is 3. The topological polar surface area (TPSA) is 30.2 Å². The van der Waals surface area contributed by atoms with Crippen molar-refractivity contribution in [3.8, 4) is 0 Å². The summed E-state index contributed by atoms with van der Waals surface area (Å²) < 4.78 is 4.17. The van der Waals surface area contributed by atoms with Crippen molar-refractivity contribution in [2.24, 2.45) is 7.05 Å². The van der Waals surface area contributed by atoms with Gasteiger partial charge in [-0.1, -0.05) is 17.7 Å². The molecule has 1 aromatic carbocycles. The van der Waals surface area contributed by atoms with E-state index in [4.69, 9.17) is 0 Å². The van der Waals surface area contributed by atoms with Gasteiger partial charge >= 0.3 is 0 Å². The molecule has 4 heteroatoms. The van der Waals surface area contributed by atoms with Gasteiger partial charge in [0.2, 0.25) is 5.56 Å². The Hall–Kier alpha value is -2.33. The van der Waals surface area contributed by atoms with Crippen molar-refractivity contribution in [3.63, 3.8) is 0 Å². The maximum Gasteiger partial charge on any atom is 0.250 e. The Balaban J connectivity index is 1.73. The van der Waals surface area contributed by atoms with Gasteiger partial charge in [0.25, 0.3) is 0 Å². The molecule has 0 bridgehead atoms. The van der Waals surface area contributed by atoms with Crippen molar-refractivity contribution < 1.29 is 0 Å². The summed E-state index contributed by atoms with van der Waals surface area (Å²) in [6.45, 7) is 5.27. The predicted octanol–water partition coefficient (Wildman–Crippen LogP) is 2.88. The van der Waals surface area contributed by atoms with E-state index in [0.29, 0.717) is 0 Å². The summed E-state index contributed by atoms with van der Waals surface area (Å²) in [5, 5.41) is 1.40. The highest BCUT2D eigenvalue weighted by Crippen LogP contribution is 2.31. The maximum absolute atomic E-state index is 11.6. The van der Waals surface area contributed by atoms with Gasteiger partial charge < -0.3 is 14.0 Å². The van der Waals surface area contributed by atoms with Crippen LogP contribution in [0.2, 0.25) is 0 Å². The van der Waals surface area contributed by atoms with E-state index >= 15 is 0 Å². The summed E-state index contributed by atoms with van der Waals surface area (Å²) in [4.78, 5) is 14.0. The molecule has 3 heterocycles. The molecular formula is C21H25N3O. The third kappa shape index (κ3) is 2.91. The molecule has 0 atom stereocenters. The summed E-state index contributed by atoms with van der Waals surface area (Å²) in [7, 11) is 4.02. The van der Waals surface area contributed by atoms with E-state index in [1.807, 2.05) is 19.3 Å². The Bertz CT molecular complexity index is 996. The second-order valence-electron chi connectivity index (χ2n) is 7.32. The van der Waals surface area contributed by atoms with E-state index < -0.39 is 0 Å². The summed E-state index contributed by atoms with van der Waals surface area (Å²) in [6, 6.07) is 10.4. The first kappa shape index (κ1) is 16.2. The minimum absolute atomic E-state index is 0.0473. The third-order valence-electron chi connectivity index (χ3n) is 5.37. The van der Waals surface area contributed by atoms with Crippen LogP contribution in [-0.4, -0.2) is 27.6 Å². The minimum atomic E-state index is 0.0473. The molecule has 1 aliphatic rings. The van der Waals surface area contributed by atoms with Crippen molar-refractivity contribution in [2.45, 2.75) is 32.9 Å². The van der Waals surface area contributed by atoms with Crippen molar-refractivity contribution in [1.82, 2.24) is 14.0 Å². The Morgan fingerprint density at radius 1 is 1.12 bits per heavy atom. The molecule has 1 aliphatic heterocycles. The largest absolute Gasteiger partial charge is 0.344 e. The second kappa shape index (κ2) is 6.19. The van der Waals surface area contributed by atoms with Crippen molar-refractivity contribution in [2.75, 3.05) is 13.6 Å². The number of benzene rings is 1. The Labute approximate surface area is 148 Å². The van der Waals surface area contributed by atoms with Crippen LogP contribution in [0.25, 0.3) is 10.9 Å². The maximum atomic E-state index is 11.6. The lowest BCUT2D eigenvalue weighted by molar-refractivity contribution is 0.309. The highest BCUT2D eigenvalue weighted by atomic mass is 16.1. The Morgan fingerprint density at radius 3 is 2.76 bits per heavy atom. The first-order valence-electron chi connectivity index (χ1n) is 8.97. The van der Waals surface area contributed by atoms with Gasteiger partial charge in [-0.2, -0.15) is 0 Å². The van der Waals surface area contributed by atoms with Gasteiger partial charge in [-0.15, -0.1) is 0 Å². The normalized spacial score (nSPS) is 14.8. The van der Waals surface area contributed by atoms with Crippen LogP contribution >= 0.6 is 0 Å². The number of likely N-dealkylation sites (N-methyl/N-ethyl adjacent to an activating group) is 1. The van der Waals surface area contributed by atoms with Crippen LogP contribution in [0.4, 0.5) is 0 Å². The van der Waals surface area contributed by atoms with Gasteiger partial charge in [-0.3, -0.25) is 4.79 Å². The molecule has 25 heavy (non-hydrogen) atoms. The summed E-state index contributed by atoms with van der Waals surface area (Å²) in [5.41, 5.74) is 6.90. The van der Waals surface area contributed by atoms with Gasteiger partial charge in [-0.25, -0.2) is 0 Å². The number of hydrogen-bond donors (Lipinski definition) is 0. The van der Waals surface area contributed by atoms with E-state index in [0.717, 1.165) is 32.5 Å². The quantitative estimate of drug-likeness (QED) is 0.737. The van der Waals surface area contributed by atoms with Gasteiger partial charge in [0.05, 0.1) is 0 Å². The smallest absolute Gasteiger partial charge is 0.250 e. The van der Waals surface area contributed by atoms with E-state index in [9.17, 15) is 4.79 Å². The second-order valence-corrected chi connectivity index (χ2v) is 7.32. The van der Waals surface area contributed by atoms with Crippen LogP contribution in [0.3, 0.4) is 0 Å². The number of aromatic nitrogens is 2. The lowest BCUT2D eigenvalue weighted by Crippen LogP contribution is -2.27. The Kier molecular flexibility index (Phi) is 4.00. The Morgan fingerprint density at radius 2 is 1.96 bits per heavy atom. The molecule has 0 amide bonds. The molecule has 0 fully saturated rings. The van der Waals surface area contributed by atoms with Crippen LogP contribution in [0.5, 0.6) is 0 Å². The molecule has 0 radical (unpaired) electrons. The minimum Gasteiger partial charge on any atom is -0.344 e. The first-order valence-corrected chi connectivity index (χ1v) is 8.97. The standard InChI is InChI=1S/C21H25N3O/c1-15-4-6-19-17(12-15)18-14-22(2)10-9-20(18)24(19)11-8-16-5-7-21(25)23(3)13-16/h4-7,12-13H,8-11,14H2,1-3H3. The van der Waals surface area contributed by atoms with Crippen LogP contribution in [0.15, 0.2) is 41.3 Å². The monoisotopic (exact) mass is 335 g/mol. The lowest BCUT2D eigenvalue weighted by atomic mass is 10.0. The van der Waals surface area contributed by atoms with E-state index in [1.54, 1.807) is 10.6 Å². The molecule has 0 spiro atoms. The lowest BCUT2D eigenvalue weighted by Gasteiger charge is -2.24. The molecule has 0 saturated carbocycles. The zero-order chi connectivity index (χ0) is 17.6. The van der Waals surface area contributed by atoms with E-state index in [2.05, 4.69) is 41.6 Å². The van der Waals surface area contributed by atoms with Crippen molar-refractivity contribution >= 4 is 10.9 Å². The molecule has 2 aromatic heterocycles. The molecule has 130 valence electrons. The zero-order valence-electron chi connectivity index (χ0n) is 15.2. The average molecular weight is 335 g/mol. The number of rotatable bonds is 3. The molecule has 0 aliphatic carbocycles. The van der Waals surface area contributed by atoms with Crippen LogP contribution < -0.4 is 5.56 Å². The fourth-order valence-electron chi connectivity index (χ4n) is 3.99. The number of pyridine rings is 1. The van der Waals surface area contributed by atoms with Gasteiger partial charge in [0.15, 0.2) is 0 Å². The van der Waals surface area contributed by atoms with Gasteiger partial charge in [0, 0.05) is 62.0 Å². The zero-order valence-corrected chi connectivity index (χ0v) is 15.2. The summed E-state index contributed by atoms with van der Waals surface area (Å²) >= 11 is 0. The predicted molar refractivity (Wildman–Crippen MR) is 102 cm³/mol. The number of aryl methyl sites for hydroxylation is 4. The fraction of sp³-hybridized carbons (Fsp3) is 0.381. The molecule has 0 unspecified atom stereocenters. The van der Waals surface area contributed by atoms with Crippen molar-refractivity contribution in [1.29, 1.82) is 0 Å². The SMILES string of the molecule is Cc1ccc2c(c1)c1c(n2CCc2ccc(=O)n(C)c2)CCN(C)C1. The molecule has 3 aromatic rings. The summed E-state index contributed by atoms with van der Waals surface area (Å²) in [5.74, 6) is 0. The average Bonchev–Trinajstić information content (AvgIpc) is 2.88. The van der Waals surface area contributed by atoms with E-state index in [1.165, 1.54) is 33.3 Å². The highest BCUT2D eigenvalue weighted by molar-refractivity contribution is 5.86. The van der Waals surface area contributed by atoms with Gasteiger partial charge in [0.1, 0.15) is 0 Å². The van der Waals surface area contributed by atoms with Crippen molar-refractivity contribution in [3.05, 3.63) is 69.3 Å². The molecule has 0 saturated heterocycles. The fourth-order valence-corrected chi connectivity index (χ4v) is 3.99. The highest BCUT2D eigenvalue weighted by Gasteiger charge is 2.22. The van der Waals surface area contributed by atoms with Crippen LogP contribution in [0, 0.1) is 6.92 Å². The first-order chi connectivity index (χ1) is 12.0. The molecule has 4 nitrogen and oxygen atoms in total. The third-order valence-corrected chi connectivity index (χ3v) is 5.37. The van der Waals surface area contributed by atoms with Crippen LogP contribution in [-0.2, 0) is 33.0 Å². The number of hydrogen-bond acceptors (Lipinski definition) is 2. The molecular weight excluding hydrogens is 310 g/mol.